The van der Waals surface area contributed by atoms with Crippen LogP contribution in [0, 0.1) is 0 Å². The fourth-order valence-electron chi connectivity index (χ4n) is 1.69. The topological polar surface area (TPSA) is 24.5 Å². The lowest BCUT2D eigenvalue weighted by atomic mass is 10.2. The van der Waals surface area contributed by atoms with E-state index in [1.54, 1.807) is 7.11 Å². The fourth-order valence-corrected chi connectivity index (χ4v) is 1.69. The Kier molecular flexibility index (Phi) is 7.63. The lowest BCUT2D eigenvalue weighted by molar-refractivity contribution is 0.179. The highest BCUT2D eigenvalue weighted by molar-refractivity contribution is 5.14. The molecule has 17 heavy (non-hydrogen) atoms. The summed E-state index contributed by atoms with van der Waals surface area (Å²) in [4.78, 5) is 2.33. The van der Waals surface area contributed by atoms with Crippen LogP contribution in [0.2, 0.25) is 0 Å². The molecule has 0 bridgehead atoms. The summed E-state index contributed by atoms with van der Waals surface area (Å²) >= 11 is 0. The quantitative estimate of drug-likeness (QED) is 0.661. The Hall–Kier alpha value is -0.900. The average Bonchev–Trinajstić information content (AvgIpc) is 2.36. The van der Waals surface area contributed by atoms with E-state index in [-0.39, 0.29) is 0 Å². The minimum absolute atomic E-state index is 0.849. The number of likely N-dealkylation sites (N-methyl/N-ethyl adjacent to an activating group) is 1. The minimum Gasteiger partial charge on any atom is -0.385 e. The fraction of sp³-hybridized carbons (Fsp3) is 0.571. The molecule has 1 rings (SSSR count). The Balaban J connectivity index is 2.00. The van der Waals surface area contributed by atoms with Crippen LogP contribution in [0.4, 0.5) is 0 Å². The van der Waals surface area contributed by atoms with E-state index in [0.717, 1.165) is 39.2 Å². The molecule has 1 aromatic carbocycles. The third-order valence-corrected chi connectivity index (χ3v) is 2.73. The average molecular weight is 236 g/mol. The molecule has 1 aromatic rings. The van der Waals surface area contributed by atoms with E-state index in [4.69, 9.17) is 4.74 Å². The molecule has 0 heterocycles. The van der Waals surface area contributed by atoms with Gasteiger partial charge in [0, 0.05) is 39.9 Å². The van der Waals surface area contributed by atoms with E-state index in [1.807, 2.05) is 6.07 Å². The normalized spacial score (nSPS) is 11.0. The molecule has 0 amide bonds. The lowest BCUT2D eigenvalue weighted by Gasteiger charge is -2.16. The molecule has 0 aromatic heterocycles. The molecule has 0 aliphatic carbocycles. The van der Waals surface area contributed by atoms with Gasteiger partial charge in [-0.25, -0.2) is 0 Å². The Morgan fingerprint density at radius 3 is 2.65 bits per heavy atom. The summed E-state index contributed by atoms with van der Waals surface area (Å²) < 4.78 is 5.03. The number of methoxy groups -OCH3 is 1. The van der Waals surface area contributed by atoms with Gasteiger partial charge >= 0.3 is 0 Å². The molecule has 3 nitrogen and oxygen atoms in total. The zero-order chi connectivity index (χ0) is 12.3. The number of hydrogen-bond acceptors (Lipinski definition) is 3. The first-order chi connectivity index (χ1) is 8.33. The zero-order valence-corrected chi connectivity index (χ0v) is 11.0. The van der Waals surface area contributed by atoms with Crippen LogP contribution in [0.25, 0.3) is 0 Å². The van der Waals surface area contributed by atoms with Gasteiger partial charge in [0.1, 0.15) is 0 Å². The van der Waals surface area contributed by atoms with E-state index in [1.165, 1.54) is 5.56 Å². The summed E-state index contributed by atoms with van der Waals surface area (Å²) in [6.45, 7) is 5.00. The van der Waals surface area contributed by atoms with Crippen LogP contribution in [-0.4, -0.2) is 45.3 Å². The van der Waals surface area contributed by atoms with E-state index < -0.39 is 0 Å². The second-order valence-corrected chi connectivity index (χ2v) is 4.31. The summed E-state index contributed by atoms with van der Waals surface area (Å²) in [5.74, 6) is 0. The number of nitrogens with zero attached hydrogens (tertiary/aromatic N) is 1. The number of ether oxygens (including phenoxy) is 1. The van der Waals surface area contributed by atoms with Crippen molar-refractivity contribution in [2.24, 2.45) is 0 Å². The van der Waals surface area contributed by atoms with Crippen LogP contribution in [0.1, 0.15) is 12.0 Å². The number of hydrogen-bond donors (Lipinski definition) is 1. The highest BCUT2D eigenvalue weighted by Gasteiger charge is 1.97. The Labute approximate surface area is 105 Å². The van der Waals surface area contributed by atoms with Crippen LogP contribution in [0.3, 0.4) is 0 Å². The monoisotopic (exact) mass is 236 g/mol. The van der Waals surface area contributed by atoms with Crippen LogP contribution in [0.15, 0.2) is 30.3 Å². The van der Waals surface area contributed by atoms with Crippen LogP contribution in [0.5, 0.6) is 0 Å². The molecule has 0 spiro atoms. The maximum atomic E-state index is 5.03. The molecule has 0 radical (unpaired) electrons. The Bertz CT molecular complexity index is 277. The first kappa shape index (κ1) is 14.2. The van der Waals surface area contributed by atoms with E-state index in [0.29, 0.717) is 0 Å². The molecule has 3 heteroatoms. The highest BCUT2D eigenvalue weighted by Crippen LogP contribution is 1.96. The van der Waals surface area contributed by atoms with Crippen molar-refractivity contribution in [1.82, 2.24) is 10.2 Å². The first-order valence-corrected chi connectivity index (χ1v) is 6.25. The maximum absolute atomic E-state index is 5.03. The van der Waals surface area contributed by atoms with Gasteiger partial charge < -0.3 is 15.0 Å². The molecular formula is C14H24N2O. The van der Waals surface area contributed by atoms with Gasteiger partial charge in [-0.05, 0) is 19.0 Å². The molecule has 0 atom stereocenters. The summed E-state index contributed by atoms with van der Waals surface area (Å²) in [6, 6.07) is 10.5. The van der Waals surface area contributed by atoms with Crippen molar-refractivity contribution in [1.29, 1.82) is 0 Å². The second-order valence-electron chi connectivity index (χ2n) is 4.31. The van der Waals surface area contributed by atoms with Gasteiger partial charge in [-0.2, -0.15) is 0 Å². The molecule has 96 valence electrons. The van der Waals surface area contributed by atoms with Crippen LogP contribution < -0.4 is 5.32 Å². The summed E-state index contributed by atoms with van der Waals surface area (Å²) in [7, 11) is 3.90. The first-order valence-electron chi connectivity index (χ1n) is 6.25. The van der Waals surface area contributed by atoms with Gasteiger partial charge in [0.15, 0.2) is 0 Å². The van der Waals surface area contributed by atoms with Gasteiger partial charge in [-0.15, -0.1) is 0 Å². The Morgan fingerprint density at radius 2 is 1.94 bits per heavy atom. The minimum atomic E-state index is 0.849. The van der Waals surface area contributed by atoms with Crippen molar-refractivity contribution in [3.05, 3.63) is 35.9 Å². The number of nitrogens with one attached hydrogen (secondary N) is 1. The highest BCUT2D eigenvalue weighted by atomic mass is 16.5. The largest absolute Gasteiger partial charge is 0.385 e. The molecule has 0 saturated heterocycles. The SMILES string of the molecule is COCCCN(C)CCNCc1ccccc1. The Morgan fingerprint density at radius 1 is 1.18 bits per heavy atom. The van der Waals surface area contributed by atoms with E-state index in [9.17, 15) is 0 Å². The van der Waals surface area contributed by atoms with Gasteiger partial charge in [-0.3, -0.25) is 0 Å². The summed E-state index contributed by atoms with van der Waals surface area (Å²) in [5, 5.41) is 3.45. The van der Waals surface area contributed by atoms with Crippen molar-refractivity contribution in [3.63, 3.8) is 0 Å². The van der Waals surface area contributed by atoms with Crippen molar-refractivity contribution in [3.8, 4) is 0 Å². The molecule has 0 saturated carbocycles. The van der Waals surface area contributed by atoms with Crippen molar-refractivity contribution in [2.45, 2.75) is 13.0 Å². The van der Waals surface area contributed by atoms with E-state index >= 15 is 0 Å². The smallest absolute Gasteiger partial charge is 0.0474 e. The zero-order valence-electron chi connectivity index (χ0n) is 11.0. The third kappa shape index (κ3) is 7.10. The van der Waals surface area contributed by atoms with Crippen molar-refractivity contribution >= 4 is 0 Å². The van der Waals surface area contributed by atoms with Gasteiger partial charge in [0.25, 0.3) is 0 Å². The molecule has 0 aliphatic heterocycles. The van der Waals surface area contributed by atoms with Crippen molar-refractivity contribution < 1.29 is 4.74 Å². The number of benzene rings is 1. The van der Waals surface area contributed by atoms with E-state index in [2.05, 4.69) is 41.5 Å². The third-order valence-electron chi connectivity index (χ3n) is 2.73. The molecular weight excluding hydrogens is 212 g/mol. The number of rotatable bonds is 9. The predicted octanol–water partition coefficient (Wildman–Crippen LogP) is 1.74. The van der Waals surface area contributed by atoms with Gasteiger partial charge in [0.2, 0.25) is 0 Å². The lowest BCUT2D eigenvalue weighted by Crippen LogP contribution is -2.30. The molecule has 0 aliphatic rings. The molecule has 0 unspecified atom stereocenters. The molecule has 1 N–H and O–H groups in total. The van der Waals surface area contributed by atoms with Crippen molar-refractivity contribution in [2.75, 3.05) is 40.4 Å². The van der Waals surface area contributed by atoms with Crippen LogP contribution in [-0.2, 0) is 11.3 Å². The summed E-state index contributed by atoms with van der Waals surface area (Å²) in [6.07, 6.45) is 1.10. The van der Waals surface area contributed by atoms with Gasteiger partial charge in [-0.1, -0.05) is 30.3 Å². The van der Waals surface area contributed by atoms with Gasteiger partial charge in [0.05, 0.1) is 0 Å². The predicted molar refractivity (Wildman–Crippen MR) is 72.1 cm³/mol. The summed E-state index contributed by atoms with van der Waals surface area (Å²) in [5.41, 5.74) is 1.34. The standard InChI is InChI=1S/C14H24N2O/c1-16(10-6-12-17-2)11-9-15-13-14-7-4-3-5-8-14/h3-5,7-8,15H,6,9-13H2,1-2H3. The van der Waals surface area contributed by atoms with Crippen LogP contribution >= 0.6 is 0 Å². The maximum Gasteiger partial charge on any atom is 0.0474 e. The second kappa shape index (κ2) is 9.16. The molecule has 0 fully saturated rings.